The molecule has 1 aromatic heterocycles. The molecule has 0 radical (unpaired) electrons. The molecule has 0 aliphatic carbocycles. The molecular formula is C28H35Cl3N4O. The van der Waals surface area contributed by atoms with Crippen molar-refractivity contribution in [3.05, 3.63) is 75.9 Å². The Kier molecular flexibility index (Phi) is 10.6. The van der Waals surface area contributed by atoms with Gasteiger partial charge in [-0.15, -0.1) is 12.4 Å². The predicted octanol–water partition coefficient (Wildman–Crippen LogP) is 6.54. The number of piperazine rings is 1. The van der Waals surface area contributed by atoms with Gasteiger partial charge in [-0.05, 0) is 57.0 Å². The summed E-state index contributed by atoms with van der Waals surface area (Å²) in [6.07, 6.45) is 2.02. The lowest BCUT2D eigenvalue weighted by molar-refractivity contribution is 0.0952. The van der Waals surface area contributed by atoms with Crippen molar-refractivity contribution in [2.75, 3.05) is 44.2 Å². The third-order valence-electron chi connectivity index (χ3n) is 6.83. The molecule has 8 heteroatoms. The van der Waals surface area contributed by atoms with Crippen LogP contribution in [0, 0.1) is 6.92 Å². The van der Waals surface area contributed by atoms with Crippen LogP contribution in [0.25, 0.3) is 11.3 Å². The minimum Gasteiger partial charge on any atom is -0.368 e. The number of halogens is 3. The molecule has 1 aliphatic heterocycles. The summed E-state index contributed by atoms with van der Waals surface area (Å²) in [5.41, 5.74) is 5.02. The summed E-state index contributed by atoms with van der Waals surface area (Å²) in [5, 5.41) is 4.37. The van der Waals surface area contributed by atoms with Gasteiger partial charge in [0.25, 0.3) is 5.91 Å². The fraction of sp³-hybridized carbons (Fsp3) is 0.393. The van der Waals surface area contributed by atoms with Crippen LogP contribution in [0.2, 0.25) is 10.0 Å². The molecule has 2 aromatic carbocycles. The molecule has 1 saturated heterocycles. The molecule has 0 atom stereocenters. The van der Waals surface area contributed by atoms with E-state index in [9.17, 15) is 4.79 Å². The number of nitrogens with one attached hydrogen (secondary N) is 1. The Morgan fingerprint density at radius 1 is 0.972 bits per heavy atom. The topological polar surface area (TPSA) is 40.5 Å². The van der Waals surface area contributed by atoms with E-state index in [0.29, 0.717) is 16.6 Å². The highest BCUT2D eigenvalue weighted by Crippen LogP contribution is 2.33. The first kappa shape index (κ1) is 28.4. The first-order chi connectivity index (χ1) is 17.0. The third kappa shape index (κ3) is 6.57. The Morgan fingerprint density at radius 2 is 1.69 bits per heavy atom. The van der Waals surface area contributed by atoms with Crippen molar-refractivity contribution in [2.45, 2.75) is 33.2 Å². The van der Waals surface area contributed by atoms with Gasteiger partial charge in [-0.2, -0.15) is 0 Å². The van der Waals surface area contributed by atoms with Gasteiger partial charge in [-0.3, -0.25) is 9.69 Å². The average molecular weight is 550 g/mol. The summed E-state index contributed by atoms with van der Waals surface area (Å²) in [7, 11) is 0. The van der Waals surface area contributed by atoms with Crippen LogP contribution in [0.4, 0.5) is 5.69 Å². The van der Waals surface area contributed by atoms with E-state index in [4.69, 9.17) is 23.2 Å². The van der Waals surface area contributed by atoms with Crippen molar-refractivity contribution in [1.82, 2.24) is 14.8 Å². The van der Waals surface area contributed by atoms with E-state index in [2.05, 4.69) is 38.7 Å². The fourth-order valence-electron chi connectivity index (χ4n) is 4.84. The van der Waals surface area contributed by atoms with Gasteiger partial charge in [0.2, 0.25) is 0 Å². The third-order valence-corrected chi connectivity index (χ3v) is 7.64. The summed E-state index contributed by atoms with van der Waals surface area (Å²) in [5.74, 6) is 0.0129. The Balaban J connectivity index is 0.00000361. The number of anilines is 1. The van der Waals surface area contributed by atoms with Crippen LogP contribution in [0.3, 0.4) is 0 Å². The van der Waals surface area contributed by atoms with Crippen LogP contribution >= 0.6 is 35.6 Å². The molecule has 2 heterocycles. The van der Waals surface area contributed by atoms with Gasteiger partial charge < -0.3 is 14.8 Å². The number of unbranched alkanes of at least 4 members (excludes halogenated alkanes) is 1. The number of hydrogen-bond acceptors (Lipinski definition) is 3. The molecule has 1 fully saturated rings. The molecule has 36 heavy (non-hydrogen) atoms. The number of rotatable bonds is 9. The largest absolute Gasteiger partial charge is 0.368 e. The van der Waals surface area contributed by atoms with Crippen LogP contribution < -0.4 is 10.2 Å². The van der Waals surface area contributed by atoms with Crippen LogP contribution in [-0.2, 0) is 6.54 Å². The van der Waals surface area contributed by atoms with E-state index < -0.39 is 0 Å². The number of carbonyl (C=O) groups is 1. The maximum Gasteiger partial charge on any atom is 0.253 e. The van der Waals surface area contributed by atoms with E-state index in [1.54, 1.807) is 0 Å². The van der Waals surface area contributed by atoms with Gasteiger partial charge in [-0.1, -0.05) is 59.6 Å². The zero-order chi connectivity index (χ0) is 24.8. The average Bonchev–Trinajstić information content (AvgIpc) is 3.22. The molecule has 0 saturated carbocycles. The quantitative estimate of drug-likeness (QED) is 0.308. The van der Waals surface area contributed by atoms with Gasteiger partial charge in [0.1, 0.15) is 0 Å². The number of benzene rings is 2. The predicted molar refractivity (Wildman–Crippen MR) is 154 cm³/mol. The van der Waals surface area contributed by atoms with Crippen LogP contribution in [0.5, 0.6) is 0 Å². The number of carbonyl (C=O) groups excluding carboxylic acids is 1. The summed E-state index contributed by atoms with van der Waals surface area (Å²) < 4.78 is 2.21. The molecule has 0 unspecified atom stereocenters. The van der Waals surface area contributed by atoms with Gasteiger partial charge >= 0.3 is 0 Å². The lowest BCUT2D eigenvalue weighted by Gasteiger charge is -2.36. The van der Waals surface area contributed by atoms with Crippen molar-refractivity contribution in [2.24, 2.45) is 0 Å². The Hall–Kier alpha value is -2.18. The van der Waals surface area contributed by atoms with Crippen molar-refractivity contribution < 1.29 is 4.79 Å². The van der Waals surface area contributed by atoms with Gasteiger partial charge in [-0.25, -0.2) is 0 Å². The van der Waals surface area contributed by atoms with Crippen LogP contribution in [0.15, 0.2) is 54.6 Å². The smallest absolute Gasteiger partial charge is 0.253 e. The second kappa shape index (κ2) is 13.4. The van der Waals surface area contributed by atoms with Gasteiger partial charge in [0.05, 0.1) is 21.3 Å². The summed E-state index contributed by atoms with van der Waals surface area (Å²) in [6, 6.07) is 18.1. The highest BCUT2D eigenvalue weighted by atomic mass is 35.5. The second-order valence-corrected chi connectivity index (χ2v) is 9.79. The van der Waals surface area contributed by atoms with Crippen LogP contribution in [0.1, 0.15) is 35.8 Å². The number of hydrogen-bond donors (Lipinski definition) is 1. The minimum atomic E-state index is 0. The highest BCUT2D eigenvalue weighted by Gasteiger charge is 2.20. The number of nitrogens with zero attached hydrogens (tertiary/aromatic N) is 3. The van der Waals surface area contributed by atoms with E-state index in [1.807, 2.05) is 49.4 Å². The molecule has 0 spiro atoms. The zero-order valence-electron chi connectivity index (χ0n) is 21.0. The second-order valence-electron chi connectivity index (χ2n) is 9.00. The Bertz CT molecular complexity index is 1140. The number of amides is 1. The Labute approximate surface area is 230 Å². The van der Waals surface area contributed by atoms with Crippen molar-refractivity contribution in [1.29, 1.82) is 0 Å². The molecule has 4 rings (SSSR count). The lowest BCUT2D eigenvalue weighted by atomic mass is 10.1. The molecule has 1 amide bonds. The molecular weight excluding hydrogens is 515 g/mol. The number of aromatic nitrogens is 1. The molecule has 3 aromatic rings. The molecule has 1 aliphatic rings. The maximum atomic E-state index is 12.9. The van der Waals surface area contributed by atoms with Crippen molar-refractivity contribution in [3.8, 4) is 11.3 Å². The fourth-order valence-corrected chi connectivity index (χ4v) is 5.25. The first-order valence-electron chi connectivity index (χ1n) is 12.4. The van der Waals surface area contributed by atoms with Gasteiger partial charge in [0, 0.05) is 50.7 Å². The van der Waals surface area contributed by atoms with Crippen molar-refractivity contribution in [3.63, 3.8) is 0 Å². The normalized spacial score (nSPS) is 13.9. The first-order valence-corrected chi connectivity index (χ1v) is 13.2. The summed E-state index contributed by atoms with van der Waals surface area (Å²) in [6.45, 7) is 10.6. The maximum absolute atomic E-state index is 12.9. The van der Waals surface area contributed by atoms with E-state index >= 15 is 0 Å². The monoisotopic (exact) mass is 548 g/mol. The van der Waals surface area contributed by atoms with E-state index in [0.717, 1.165) is 80.3 Å². The summed E-state index contributed by atoms with van der Waals surface area (Å²) >= 11 is 12.6. The molecule has 5 nitrogen and oxygen atoms in total. The molecule has 1 N–H and O–H groups in total. The SMILES string of the molecule is CCn1c(-c2ccccc2)cc(C(=O)NCCCCN2CCN(c3cccc(Cl)c3Cl)CC2)c1C.Cl. The minimum absolute atomic E-state index is 0. The Morgan fingerprint density at radius 3 is 2.39 bits per heavy atom. The summed E-state index contributed by atoms with van der Waals surface area (Å²) in [4.78, 5) is 17.7. The highest BCUT2D eigenvalue weighted by molar-refractivity contribution is 6.43. The molecule has 194 valence electrons. The zero-order valence-corrected chi connectivity index (χ0v) is 23.3. The molecule has 0 bridgehead atoms. The lowest BCUT2D eigenvalue weighted by Crippen LogP contribution is -2.46. The van der Waals surface area contributed by atoms with Crippen molar-refractivity contribution >= 4 is 47.2 Å². The standard InChI is InChI=1S/C28H34Cl2N4O.ClH/c1-3-34-21(2)23(20-26(34)22-10-5-4-6-11-22)28(35)31-14-7-8-15-32-16-18-33(19-17-32)25-13-9-12-24(29)27(25)30;/h4-6,9-13,20H,3,7-8,14-19H2,1-2H3,(H,31,35);1H. The van der Waals surface area contributed by atoms with Crippen LogP contribution in [-0.4, -0.2) is 54.6 Å². The van der Waals surface area contributed by atoms with Gasteiger partial charge in [0.15, 0.2) is 0 Å². The van der Waals surface area contributed by atoms with E-state index in [-0.39, 0.29) is 18.3 Å². The van der Waals surface area contributed by atoms with E-state index in [1.165, 1.54) is 0 Å².